The topological polar surface area (TPSA) is 12.5 Å². The normalized spacial score (nSPS) is 26.7. The maximum Gasteiger partial charge on any atom is 0.0726 e. The molecule has 0 aromatic heterocycles. The van der Waals surface area contributed by atoms with Crippen LogP contribution in [0.2, 0.25) is 0 Å². The molecule has 2 atom stereocenters. The van der Waals surface area contributed by atoms with E-state index in [9.17, 15) is 0 Å². The molecule has 2 unspecified atom stereocenters. The van der Waals surface area contributed by atoms with Crippen molar-refractivity contribution in [3.8, 4) is 0 Å². The van der Waals surface area contributed by atoms with Gasteiger partial charge in [-0.3, -0.25) is 0 Å². The zero-order chi connectivity index (χ0) is 10.8. The van der Waals surface area contributed by atoms with Gasteiger partial charge in [0.25, 0.3) is 0 Å². The van der Waals surface area contributed by atoms with Crippen LogP contribution in [0, 0.1) is 0 Å². The Balaban J connectivity index is 2.12. The van der Waals surface area contributed by atoms with Crippen LogP contribution in [0.15, 0.2) is 29.2 Å². The van der Waals surface area contributed by atoms with Gasteiger partial charge in [-0.2, -0.15) is 0 Å². The molecule has 1 heterocycles. The van der Waals surface area contributed by atoms with Crippen LogP contribution in [0.3, 0.4) is 0 Å². The second kappa shape index (κ2) is 4.45. The molecule has 0 aliphatic carbocycles. The van der Waals surface area contributed by atoms with Crippen molar-refractivity contribution in [2.24, 2.45) is 0 Å². The van der Waals surface area contributed by atoms with E-state index in [1.54, 1.807) is 0 Å². The minimum atomic E-state index is 0.310. The number of hydrogen-bond acceptors (Lipinski definition) is 3. The molecule has 0 bridgehead atoms. The maximum atomic E-state index is 5.70. The highest BCUT2D eigenvalue weighted by molar-refractivity contribution is 7.80. The lowest BCUT2D eigenvalue weighted by molar-refractivity contribution is -0.00521. The summed E-state index contributed by atoms with van der Waals surface area (Å²) in [5, 5.41) is 0. The average Bonchev–Trinajstić information content (AvgIpc) is 2.17. The number of anilines is 1. The second-order valence-corrected chi connectivity index (χ2v) is 4.70. The molecule has 1 aliphatic rings. The van der Waals surface area contributed by atoms with Gasteiger partial charge in [-0.25, -0.2) is 0 Å². The molecule has 2 nitrogen and oxygen atoms in total. The van der Waals surface area contributed by atoms with E-state index in [1.807, 2.05) is 12.1 Å². The van der Waals surface area contributed by atoms with Gasteiger partial charge in [-0.1, -0.05) is 0 Å². The molecule has 3 heteroatoms. The maximum absolute atomic E-state index is 5.70. The minimum absolute atomic E-state index is 0.310. The van der Waals surface area contributed by atoms with E-state index in [1.165, 1.54) is 5.69 Å². The molecule has 0 spiro atoms. The molecule has 1 aromatic rings. The molecule has 0 radical (unpaired) electrons. The predicted octanol–water partition coefficient (Wildman–Crippen LogP) is 2.59. The summed E-state index contributed by atoms with van der Waals surface area (Å²) < 4.78 is 5.70. The number of morpholine rings is 1. The molecule has 1 aliphatic heterocycles. The standard InChI is InChI=1S/C12H17NOS/c1-9-7-13(8-10(2)14-9)11-3-5-12(15)6-4-11/h3-6,9-10,15H,7-8H2,1-2H3. The van der Waals surface area contributed by atoms with Crippen LogP contribution in [0.4, 0.5) is 5.69 Å². The lowest BCUT2D eigenvalue weighted by Crippen LogP contribution is -2.45. The Kier molecular flexibility index (Phi) is 3.22. The van der Waals surface area contributed by atoms with Gasteiger partial charge in [0, 0.05) is 23.7 Å². The monoisotopic (exact) mass is 223 g/mol. The van der Waals surface area contributed by atoms with Crippen LogP contribution in [0.5, 0.6) is 0 Å². The van der Waals surface area contributed by atoms with Crippen LogP contribution < -0.4 is 4.90 Å². The first-order chi connectivity index (χ1) is 7.15. The van der Waals surface area contributed by atoms with E-state index < -0.39 is 0 Å². The molecule has 0 N–H and O–H groups in total. The summed E-state index contributed by atoms with van der Waals surface area (Å²) in [4.78, 5) is 3.37. The summed E-state index contributed by atoms with van der Waals surface area (Å²) in [7, 11) is 0. The molecular formula is C12H17NOS. The first-order valence-corrected chi connectivity index (χ1v) is 5.79. The van der Waals surface area contributed by atoms with Crippen molar-refractivity contribution in [2.45, 2.75) is 31.0 Å². The van der Waals surface area contributed by atoms with Gasteiger partial charge in [-0.05, 0) is 38.1 Å². The smallest absolute Gasteiger partial charge is 0.0726 e. The summed E-state index contributed by atoms with van der Waals surface area (Å²) in [5.41, 5.74) is 1.26. The highest BCUT2D eigenvalue weighted by Crippen LogP contribution is 2.21. The van der Waals surface area contributed by atoms with Crippen LogP contribution in [0.25, 0.3) is 0 Å². The predicted molar refractivity (Wildman–Crippen MR) is 65.9 cm³/mol. The van der Waals surface area contributed by atoms with Crippen LogP contribution >= 0.6 is 12.6 Å². The summed E-state index contributed by atoms with van der Waals surface area (Å²) in [6, 6.07) is 8.30. The van der Waals surface area contributed by atoms with Crippen molar-refractivity contribution in [1.82, 2.24) is 0 Å². The van der Waals surface area contributed by atoms with Gasteiger partial charge in [0.05, 0.1) is 12.2 Å². The van der Waals surface area contributed by atoms with Crippen LogP contribution in [-0.4, -0.2) is 25.3 Å². The number of nitrogens with zero attached hydrogens (tertiary/aromatic N) is 1. The lowest BCUT2D eigenvalue weighted by Gasteiger charge is -2.36. The van der Waals surface area contributed by atoms with E-state index in [0.29, 0.717) is 12.2 Å². The Morgan fingerprint density at radius 3 is 2.20 bits per heavy atom. The largest absolute Gasteiger partial charge is 0.372 e. The molecule has 2 rings (SSSR count). The lowest BCUT2D eigenvalue weighted by atomic mass is 10.2. The fraction of sp³-hybridized carbons (Fsp3) is 0.500. The van der Waals surface area contributed by atoms with Crippen molar-refractivity contribution in [3.63, 3.8) is 0 Å². The van der Waals surface area contributed by atoms with Crippen LogP contribution in [-0.2, 0) is 4.74 Å². The molecule has 1 fully saturated rings. The fourth-order valence-electron chi connectivity index (χ4n) is 2.05. The minimum Gasteiger partial charge on any atom is -0.372 e. The fourth-order valence-corrected chi connectivity index (χ4v) is 2.20. The van der Waals surface area contributed by atoms with E-state index >= 15 is 0 Å². The Labute approximate surface area is 96.6 Å². The van der Waals surface area contributed by atoms with Gasteiger partial charge >= 0.3 is 0 Å². The Bertz CT molecular complexity index is 315. The molecule has 0 saturated carbocycles. The summed E-state index contributed by atoms with van der Waals surface area (Å²) >= 11 is 4.29. The third-order valence-corrected chi connectivity index (χ3v) is 2.93. The van der Waals surface area contributed by atoms with Gasteiger partial charge < -0.3 is 9.64 Å². The van der Waals surface area contributed by atoms with E-state index in [2.05, 4.69) is 43.5 Å². The molecule has 1 saturated heterocycles. The first-order valence-electron chi connectivity index (χ1n) is 5.34. The van der Waals surface area contributed by atoms with Crippen molar-refractivity contribution in [3.05, 3.63) is 24.3 Å². The van der Waals surface area contributed by atoms with Gasteiger partial charge in [-0.15, -0.1) is 12.6 Å². The van der Waals surface area contributed by atoms with E-state index in [-0.39, 0.29) is 0 Å². The molecule has 15 heavy (non-hydrogen) atoms. The van der Waals surface area contributed by atoms with E-state index in [4.69, 9.17) is 4.74 Å². The number of rotatable bonds is 1. The number of thiol groups is 1. The SMILES string of the molecule is CC1CN(c2ccc(S)cc2)CC(C)O1. The van der Waals surface area contributed by atoms with Crippen molar-refractivity contribution in [1.29, 1.82) is 0 Å². The summed E-state index contributed by atoms with van der Waals surface area (Å²) in [5.74, 6) is 0. The quantitative estimate of drug-likeness (QED) is 0.735. The zero-order valence-electron chi connectivity index (χ0n) is 9.18. The highest BCUT2D eigenvalue weighted by Gasteiger charge is 2.21. The average molecular weight is 223 g/mol. The second-order valence-electron chi connectivity index (χ2n) is 4.18. The molecule has 82 valence electrons. The zero-order valence-corrected chi connectivity index (χ0v) is 10.1. The number of benzene rings is 1. The van der Waals surface area contributed by atoms with Gasteiger partial charge in [0.1, 0.15) is 0 Å². The van der Waals surface area contributed by atoms with Crippen LogP contribution in [0.1, 0.15) is 13.8 Å². The third kappa shape index (κ3) is 2.67. The number of ether oxygens (including phenoxy) is 1. The Morgan fingerprint density at radius 2 is 1.67 bits per heavy atom. The highest BCUT2D eigenvalue weighted by atomic mass is 32.1. The van der Waals surface area contributed by atoms with Gasteiger partial charge in [0.15, 0.2) is 0 Å². The first kappa shape index (κ1) is 10.8. The summed E-state index contributed by atoms with van der Waals surface area (Å²) in [6.45, 7) is 6.18. The number of hydrogen-bond donors (Lipinski definition) is 1. The van der Waals surface area contributed by atoms with Crippen molar-refractivity contribution >= 4 is 18.3 Å². The van der Waals surface area contributed by atoms with Crippen molar-refractivity contribution < 1.29 is 4.74 Å². The Morgan fingerprint density at radius 1 is 1.13 bits per heavy atom. The summed E-state index contributed by atoms with van der Waals surface area (Å²) in [6.07, 6.45) is 0.619. The third-order valence-electron chi connectivity index (χ3n) is 2.63. The molecular weight excluding hydrogens is 206 g/mol. The molecule has 0 amide bonds. The van der Waals surface area contributed by atoms with Gasteiger partial charge in [0.2, 0.25) is 0 Å². The Hall–Kier alpha value is -0.670. The van der Waals surface area contributed by atoms with Crippen molar-refractivity contribution in [2.75, 3.05) is 18.0 Å². The van der Waals surface area contributed by atoms with E-state index in [0.717, 1.165) is 18.0 Å². The molecule has 1 aromatic carbocycles.